The van der Waals surface area contributed by atoms with Crippen molar-refractivity contribution >= 4 is 33.7 Å². The number of rotatable bonds is 3. The third-order valence-corrected chi connectivity index (χ3v) is 3.56. The number of aromatic nitrogens is 1. The van der Waals surface area contributed by atoms with Crippen LogP contribution in [-0.4, -0.2) is 16.1 Å². The number of pyridine rings is 1. The summed E-state index contributed by atoms with van der Waals surface area (Å²) in [5.41, 5.74) is -0.373. The van der Waals surface area contributed by atoms with Crippen LogP contribution in [0, 0.1) is 5.82 Å². The molecule has 0 bridgehead atoms. The third-order valence-electron chi connectivity index (χ3n) is 2.10. The molecule has 1 heterocycles. The number of carboxylic acids is 1. The highest BCUT2D eigenvalue weighted by Crippen LogP contribution is 2.30. The molecule has 3 nitrogen and oxygen atoms in total. The Bertz CT molecular complexity index is 606. The fourth-order valence-corrected chi connectivity index (χ4v) is 2.72. The number of hydrogen-bond acceptors (Lipinski definition) is 3. The van der Waals surface area contributed by atoms with Gasteiger partial charge in [0.1, 0.15) is 5.03 Å². The fraction of sp³-hybridized carbons (Fsp3) is 0. The van der Waals surface area contributed by atoms with Crippen LogP contribution in [0.2, 0.25) is 0 Å². The van der Waals surface area contributed by atoms with E-state index < -0.39 is 11.8 Å². The molecule has 1 aromatic carbocycles. The van der Waals surface area contributed by atoms with Gasteiger partial charge in [0.2, 0.25) is 0 Å². The first kappa shape index (κ1) is 13.0. The molecule has 0 saturated heterocycles. The summed E-state index contributed by atoms with van der Waals surface area (Å²) in [4.78, 5) is 15.4. The summed E-state index contributed by atoms with van der Waals surface area (Å²) < 4.78 is 14.7. The average Bonchev–Trinajstić information content (AvgIpc) is 2.31. The molecule has 0 unspecified atom stereocenters. The number of aromatic carboxylic acids is 1. The normalized spacial score (nSPS) is 10.3. The van der Waals surface area contributed by atoms with E-state index in [-0.39, 0.29) is 10.6 Å². The quantitative estimate of drug-likeness (QED) is 0.930. The van der Waals surface area contributed by atoms with Crippen LogP contribution in [0.1, 0.15) is 10.4 Å². The van der Waals surface area contributed by atoms with E-state index in [1.54, 1.807) is 12.1 Å². The molecule has 1 N–H and O–H groups in total. The molecule has 0 aliphatic carbocycles. The topological polar surface area (TPSA) is 50.2 Å². The Kier molecular flexibility index (Phi) is 3.98. The molecule has 0 fully saturated rings. The Morgan fingerprint density at radius 1 is 1.39 bits per heavy atom. The number of carboxylic acid groups (broad SMARTS) is 1. The Morgan fingerprint density at radius 3 is 2.83 bits per heavy atom. The molecule has 2 aromatic rings. The van der Waals surface area contributed by atoms with E-state index in [1.165, 1.54) is 6.20 Å². The van der Waals surface area contributed by atoms with Crippen LogP contribution in [0.5, 0.6) is 0 Å². The van der Waals surface area contributed by atoms with Gasteiger partial charge in [0.15, 0.2) is 5.82 Å². The van der Waals surface area contributed by atoms with Crippen molar-refractivity contribution in [3.63, 3.8) is 0 Å². The number of benzene rings is 1. The van der Waals surface area contributed by atoms with E-state index in [0.717, 1.165) is 27.2 Å². The lowest BCUT2D eigenvalue weighted by Crippen LogP contribution is -2.02. The standard InChI is InChI=1S/C12H7BrFNO2S/c13-7-2-1-3-8(6-7)18-11-10(14)9(12(16)17)4-5-15-11/h1-6H,(H,16,17). The summed E-state index contributed by atoms with van der Waals surface area (Å²) >= 11 is 4.39. The maximum atomic E-state index is 13.8. The van der Waals surface area contributed by atoms with Crippen molar-refractivity contribution in [1.82, 2.24) is 4.98 Å². The van der Waals surface area contributed by atoms with Crippen LogP contribution >= 0.6 is 27.7 Å². The Labute approximate surface area is 115 Å². The maximum absolute atomic E-state index is 13.8. The van der Waals surface area contributed by atoms with Crippen molar-refractivity contribution in [2.24, 2.45) is 0 Å². The predicted molar refractivity (Wildman–Crippen MR) is 69.4 cm³/mol. The van der Waals surface area contributed by atoms with E-state index in [4.69, 9.17) is 5.11 Å². The number of halogens is 2. The molecule has 1 aromatic heterocycles. The van der Waals surface area contributed by atoms with Gasteiger partial charge in [0, 0.05) is 15.6 Å². The van der Waals surface area contributed by atoms with Crippen molar-refractivity contribution in [3.05, 3.63) is 52.4 Å². The molecule has 0 atom stereocenters. The highest BCUT2D eigenvalue weighted by atomic mass is 79.9. The Morgan fingerprint density at radius 2 is 2.17 bits per heavy atom. The third kappa shape index (κ3) is 2.88. The zero-order valence-electron chi connectivity index (χ0n) is 8.93. The van der Waals surface area contributed by atoms with Crippen molar-refractivity contribution in [1.29, 1.82) is 0 Å². The lowest BCUT2D eigenvalue weighted by molar-refractivity contribution is 0.0691. The van der Waals surface area contributed by atoms with Crippen LogP contribution in [0.15, 0.2) is 50.9 Å². The molecule has 0 radical (unpaired) electrons. The van der Waals surface area contributed by atoms with Gasteiger partial charge in [-0.2, -0.15) is 0 Å². The van der Waals surface area contributed by atoms with Gasteiger partial charge in [-0.05, 0) is 24.3 Å². The molecule has 6 heteroatoms. The molecular weight excluding hydrogens is 321 g/mol. The molecular formula is C12H7BrFNO2S. The number of carbonyl (C=O) groups is 1. The van der Waals surface area contributed by atoms with Gasteiger partial charge in [-0.15, -0.1) is 0 Å². The maximum Gasteiger partial charge on any atom is 0.338 e. The summed E-state index contributed by atoms with van der Waals surface area (Å²) in [6.07, 6.45) is 1.28. The largest absolute Gasteiger partial charge is 0.478 e. The first-order chi connectivity index (χ1) is 8.58. The zero-order chi connectivity index (χ0) is 13.1. The second kappa shape index (κ2) is 5.49. The van der Waals surface area contributed by atoms with Crippen LogP contribution < -0.4 is 0 Å². The van der Waals surface area contributed by atoms with Crippen LogP contribution in [-0.2, 0) is 0 Å². The fourth-order valence-electron chi connectivity index (χ4n) is 1.30. The second-order valence-corrected chi connectivity index (χ2v) is 5.32. The van der Waals surface area contributed by atoms with E-state index in [0.29, 0.717) is 0 Å². The first-order valence-corrected chi connectivity index (χ1v) is 6.50. The van der Waals surface area contributed by atoms with Crippen molar-refractivity contribution in [2.75, 3.05) is 0 Å². The van der Waals surface area contributed by atoms with Crippen LogP contribution in [0.4, 0.5) is 4.39 Å². The zero-order valence-corrected chi connectivity index (χ0v) is 11.3. The van der Waals surface area contributed by atoms with E-state index in [2.05, 4.69) is 20.9 Å². The molecule has 92 valence electrons. The predicted octanol–water partition coefficient (Wildman–Crippen LogP) is 3.83. The van der Waals surface area contributed by atoms with Crippen molar-refractivity contribution in [3.8, 4) is 0 Å². The van der Waals surface area contributed by atoms with E-state index in [9.17, 15) is 9.18 Å². The van der Waals surface area contributed by atoms with Gasteiger partial charge in [0.05, 0.1) is 5.56 Å². The molecule has 0 saturated carbocycles. The summed E-state index contributed by atoms with van der Waals surface area (Å²) in [6.45, 7) is 0. The summed E-state index contributed by atoms with van der Waals surface area (Å²) in [5.74, 6) is -2.11. The van der Waals surface area contributed by atoms with Crippen LogP contribution in [0.3, 0.4) is 0 Å². The Balaban J connectivity index is 2.35. The van der Waals surface area contributed by atoms with Gasteiger partial charge >= 0.3 is 5.97 Å². The van der Waals surface area contributed by atoms with E-state index >= 15 is 0 Å². The van der Waals surface area contributed by atoms with E-state index in [1.807, 2.05) is 12.1 Å². The average molecular weight is 328 g/mol. The van der Waals surface area contributed by atoms with Gasteiger partial charge in [-0.25, -0.2) is 14.2 Å². The lowest BCUT2D eigenvalue weighted by Gasteiger charge is -2.04. The molecule has 0 spiro atoms. The number of hydrogen-bond donors (Lipinski definition) is 1. The highest BCUT2D eigenvalue weighted by Gasteiger charge is 2.15. The molecule has 0 aliphatic heterocycles. The first-order valence-electron chi connectivity index (χ1n) is 4.89. The lowest BCUT2D eigenvalue weighted by atomic mass is 10.3. The molecule has 18 heavy (non-hydrogen) atoms. The molecule has 0 aliphatic rings. The van der Waals surface area contributed by atoms with Crippen LogP contribution in [0.25, 0.3) is 0 Å². The SMILES string of the molecule is O=C(O)c1ccnc(Sc2cccc(Br)c2)c1F. The minimum absolute atomic E-state index is 0.0491. The summed E-state index contributed by atoms with van der Waals surface area (Å²) in [6, 6.07) is 8.40. The molecule has 2 rings (SSSR count). The van der Waals surface area contributed by atoms with Gasteiger partial charge < -0.3 is 5.11 Å². The highest BCUT2D eigenvalue weighted by molar-refractivity contribution is 9.10. The second-order valence-electron chi connectivity index (χ2n) is 3.34. The molecule has 0 amide bonds. The van der Waals surface area contributed by atoms with Gasteiger partial charge in [-0.1, -0.05) is 33.8 Å². The minimum Gasteiger partial charge on any atom is -0.478 e. The Hall–Kier alpha value is -1.40. The van der Waals surface area contributed by atoms with Gasteiger partial charge in [-0.3, -0.25) is 0 Å². The smallest absolute Gasteiger partial charge is 0.338 e. The minimum atomic E-state index is -1.30. The summed E-state index contributed by atoms with van der Waals surface area (Å²) in [7, 11) is 0. The summed E-state index contributed by atoms with van der Waals surface area (Å²) in [5, 5.41) is 8.86. The van der Waals surface area contributed by atoms with Gasteiger partial charge in [0.25, 0.3) is 0 Å². The van der Waals surface area contributed by atoms with Crippen molar-refractivity contribution in [2.45, 2.75) is 9.92 Å². The monoisotopic (exact) mass is 327 g/mol. The van der Waals surface area contributed by atoms with Crippen molar-refractivity contribution < 1.29 is 14.3 Å². The number of nitrogens with zero attached hydrogens (tertiary/aromatic N) is 1.